The van der Waals surface area contributed by atoms with Crippen LogP contribution in [-0.4, -0.2) is 28.8 Å². The van der Waals surface area contributed by atoms with Gasteiger partial charge in [-0.15, -0.1) is 0 Å². The van der Waals surface area contributed by atoms with Gasteiger partial charge in [0.15, 0.2) is 0 Å². The van der Waals surface area contributed by atoms with Crippen LogP contribution in [-0.2, 0) is 0 Å². The number of nitrogens with two attached hydrogens (primary N) is 1. The molecule has 1 unspecified atom stereocenters. The molecular weight excluding hydrogens is 240 g/mol. The van der Waals surface area contributed by atoms with Crippen molar-refractivity contribution in [3.05, 3.63) is 48.3 Å². The summed E-state index contributed by atoms with van der Waals surface area (Å²) >= 11 is 0. The number of amides is 1. The van der Waals surface area contributed by atoms with Gasteiger partial charge in [-0.2, -0.15) is 5.10 Å². The molecular formula is C14H18N4O. The molecule has 0 fully saturated rings. The summed E-state index contributed by atoms with van der Waals surface area (Å²) < 4.78 is 1.75. The lowest BCUT2D eigenvalue weighted by atomic mass is 10.1. The minimum Gasteiger partial charge on any atom is -0.352 e. The normalized spacial score (nSPS) is 12.1. The van der Waals surface area contributed by atoms with E-state index in [-0.39, 0.29) is 11.8 Å². The number of nitrogens with one attached hydrogen (secondary N) is 1. The van der Waals surface area contributed by atoms with Gasteiger partial charge in [-0.3, -0.25) is 4.79 Å². The van der Waals surface area contributed by atoms with Gasteiger partial charge in [-0.25, -0.2) is 4.68 Å². The van der Waals surface area contributed by atoms with E-state index in [2.05, 4.69) is 10.4 Å². The highest BCUT2D eigenvalue weighted by molar-refractivity contribution is 5.94. The van der Waals surface area contributed by atoms with Gasteiger partial charge in [0, 0.05) is 24.5 Å². The first kappa shape index (κ1) is 13.3. The molecule has 0 bridgehead atoms. The molecule has 0 spiro atoms. The summed E-state index contributed by atoms with van der Waals surface area (Å²) in [4.78, 5) is 11.9. The predicted molar refractivity (Wildman–Crippen MR) is 74.1 cm³/mol. The van der Waals surface area contributed by atoms with Crippen LogP contribution in [0.5, 0.6) is 0 Å². The molecule has 1 atom stereocenters. The fraction of sp³-hybridized carbons (Fsp3) is 0.286. The van der Waals surface area contributed by atoms with Crippen LogP contribution in [0.4, 0.5) is 0 Å². The van der Waals surface area contributed by atoms with Crippen LogP contribution in [0.25, 0.3) is 5.69 Å². The number of nitrogens with zero attached hydrogens (tertiary/aromatic N) is 2. The maximum absolute atomic E-state index is 11.9. The van der Waals surface area contributed by atoms with Crippen LogP contribution in [0.2, 0.25) is 0 Å². The molecule has 1 aromatic carbocycles. The molecule has 1 amide bonds. The number of benzene rings is 1. The highest BCUT2D eigenvalue weighted by Gasteiger charge is 2.07. The van der Waals surface area contributed by atoms with Crippen molar-refractivity contribution < 1.29 is 4.79 Å². The van der Waals surface area contributed by atoms with Gasteiger partial charge in [0.2, 0.25) is 0 Å². The fourth-order valence-electron chi connectivity index (χ4n) is 1.64. The van der Waals surface area contributed by atoms with Gasteiger partial charge < -0.3 is 11.1 Å². The zero-order valence-corrected chi connectivity index (χ0v) is 10.9. The largest absolute Gasteiger partial charge is 0.352 e. The lowest BCUT2D eigenvalue weighted by Gasteiger charge is -2.10. The Morgan fingerprint density at radius 3 is 2.74 bits per heavy atom. The lowest BCUT2D eigenvalue weighted by molar-refractivity contribution is 0.0948. The van der Waals surface area contributed by atoms with Gasteiger partial charge in [0.25, 0.3) is 5.91 Å². The summed E-state index contributed by atoms with van der Waals surface area (Å²) in [6, 6.07) is 9.18. The Morgan fingerprint density at radius 2 is 2.16 bits per heavy atom. The van der Waals surface area contributed by atoms with Gasteiger partial charge >= 0.3 is 0 Å². The van der Waals surface area contributed by atoms with E-state index in [1.54, 1.807) is 23.0 Å². The maximum atomic E-state index is 11.9. The van der Waals surface area contributed by atoms with E-state index in [0.717, 1.165) is 5.69 Å². The minimum atomic E-state index is -0.0766. The molecule has 19 heavy (non-hydrogen) atoms. The number of hydrogen-bond acceptors (Lipinski definition) is 3. The second-order valence-electron chi connectivity index (χ2n) is 4.55. The van der Waals surface area contributed by atoms with Crippen LogP contribution in [0.1, 0.15) is 17.3 Å². The standard InChI is InChI=1S/C14H18N4O/c1-11(9-15)10-16-14(19)12-3-5-13(6-4-12)18-8-2-7-17-18/h2-8,11H,9-10,15H2,1H3,(H,16,19). The van der Waals surface area contributed by atoms with Crippen molar-refractivity contribution in [1.82, 2.24) is 15.1 Å². The molecule has 0 radical (unpaired) electrons. The third kappa shape index (κ3) is 3.42. The molecule has 5 heteroatoms. The summed E-state index contributed by atoms with van der Waals surface area (Å²) in [5.74, 6) is 0.208. The average molecular weight is 258 g/mol. The smallest absolute Gasteiger partial charge is 0.251 e. The van der Waals surface area contributed by atoms with Crippen molar-refractivity contribution in [2.45, 2.75) is 6.92 Å². The van der Waals surface area contributed by atoms with Gasteiger partial charge in [0.1, 0.15) is 0 Å². The quantitative estimate of drug-likeness (QED) is 0.846. The Hall–Kier alpha value is -2.14. The van der Waals surface area contributed by atoms with E-state index >= 15 is 0 Å². The first-order valence-electron chi connectivity index (χ1n) is 6.29. The summed E-state index contributed by atoms with van der Waals surface area (Å²) in [6.45, 7) is 3.16. The van der Waals surface area contributed by atoms with Crippen molar-refractivity contribution in [2.75, 3.05) is 13.1 Å². The molecule has 0 aliphatic carbocycles. The van der Waals surface area contributed by atoms with E-state index in [0.29, 0.717) is 18.7 Å². The second kappa shape index (κ2) is 6.15. The van der Waals surface area contributed by atoms with Gasteiger partial charge in [-0.05, 0) is 42.8 Å². The summed E-state index contributed by atoms with van der Waals surface area (Å²) in [5.41, 5.74) is 7.08. The average Bonchev–Trinajstić information content (AvgIpc) is 2.98. The van der Waals surface area contributed by atoms with Crippen LogP contribution in [0.3, 0.4) is 0 Å². The molecule has 100 valence electrons. The first-order chi connectivity index (χ1) is 9.20. The van der Waals surface area contributed by atoms with Crippen LogP contribution >= 0.6 is 0 Å². The second-order valence-corrected chi connectivity index (χ2v) is 4.55. The van der Waals surface area contributed by atoms with Crippen molar-refractivity contribution in [2.24, 2.45) is 11.7 Å². The zero-order chi connectivity index (χ0) is 13.7. The van der Waals surface area contributed by atoms with E-state index in [9.17, 15) is 4.79 Å². The molecule has 2 rings (SSSR count). The van der Waals surface area contributed by atoms with Crippen molar-refractivity contribution in [1.29, 1.82) is 0 Å². The van der Waals surface area contributed by atoms with Crippen molar-refractivity contribution >= 4 is 5.91 Å². The van der Waals surface area contributed by atoms with Crippen LogP contribution in [0.15, 0.2) is 42.7 Å². The molecule has 5 nitrogen and oxygen atoms in total. The molecule has 0 aliphatic rings. The summed E-state index contributed by atoms with van der Waals surface area (Å²) in [5, 5.41) is 7.00. The van der Waals surface area contributed by atoms with Gasteiger partial charge in [0.05, 0.1) is 5.69 Å². The highest BCUT2D eigenvalue weighted by atomic mass is 16.1. The first-order valence-corrected chi connectivity index (χ1v) is 6.29. The van der Waals surface area contributed by atoms with E-state index < -0.39 is 0 Å². The fourth-order valence-corrected chi connectivity index (χ4v) is 1.64. The molecule has 0 aliphatic heterocycles. The minimum absolute atomic E-state index is 0.0766. The number of carbonyl (C=O) groups excluding carboxylic acids is 1. The zero-order valence-electron chi connectivity index (χ0n) is 10.9. The Bertz CT molecular complexity index is 519. The van der Waals surface area contributed by atoms with Crippen molar-refractivity contribution in [3.8, 4) is 5.69 Å². The Labute approximate surface area is 112 Å². The topological polar surface area (TPSA) is 72.9 Å². The van der Waals surface area contributed by atoms with E-state index in [4.69, 9.17) is 5.73 Å². The SMILES string of the molecule is CC(CN)CNC(=O)c1ccc(-n2cccn2)cc1. The monoisotopic (exact) mass is 258 g/mol. The molecule has 2 aromatic rings. The van der Waals surface area contributed by atoms with Crippen LogP contribution in [0, 0.1) is 5.92 Å². The summed E-state index contributed by atoms with van der Waals surface area (Å²) in [7, 11) is 0. The highest BCUT2D eigenvalue weighted by Crippen LogP contribution is 2.08. The summed E-state index contributed by atoms with van der Waals surface area (Å²) in [6.07, 6.45) is 3.58. The predicted octanol–water partition coefficient (Wildman–Crippen LogP) is 1.20. The maximum Gasteiger partial charge on any atom is 0.251 e. The van der Waals surface area contributed by atoms with Crippen molar-refractivity contribution in [3.63, 3.8) is 0 Å². The van der Waals surface area contributed by atoms with Gasteiger partial charge in [-0.1, -0.05) is 6.92 Å². The third-order valence-corrected chi connectivity index (χ3v) is 2.91. The number of carbonyl (C=O) groups is 1. The molecule has 1 aromatic heterocycles. The number of rotatable bonds is 5. The molecule has 0 saturated heterocycles. The van der Waals surface area contributed by atoms with E-state index in [1.165, 1.54) is 0 Å². The number of hydrogen-bond donors (Lipinski definition) is 2. The number of aromatic nitrogens is 2. The Morgan fingerprint density at radius 1 is 1.42 bits per heavy atom. The van der Waals surface area contributed by atoms with Crippen LogP contribution < -0.4 is 11.1 Å². The molecule has 1 heterocycles. The third-order valence-electron chi connectivity index (χ3n) is 2.91. The molecule has 0 saturated carbocycles. The lowest BCUT2D eigenvalue weighted by Crippen LogP contribution is -2.31. The Kier molecular flexibility index (Phi) is 4.30. The van der Waals surface area contributed by atoms with E-state index in [1.807, 2.05) is 31.3 Å². The Balaban J connectivity index is 2.00. The molecule has 3 N–H and O–H groups in total.